The highest BCUT2D eigenvalue weighted by Gasteiger charge is 2.69. The van der Waals surface area contributed by atoms with Crippen molar-refractivity contribution in [1.82, 2.24) is 14.9 Å². The van der Waals surface area contributed by atoms with E-state index in [0.29, 0.717) is 23.8 Å². The number of nitrogens with zero attached hydrogens (tertiary/aromatic N) is 5. The Kier molecular flexibility index (Phi) is 4.93. The molecule has 1 unspecified atom stereocenters. The van der Waals surface area contributed by atoms with Crippen molar-refractivity contribution in [3.05, 3.63) is 46.2 Å². The van der Waals surface area contributed by atoms with Gasteiger partial charge in [-0.1, -0.05) is 0 Å². The molecule has 0 radical (unpaired) electrons. The number of amides is 1. The van der Waals surface area contributed by atoms with Crippen molar-refractivity contribution in [2.24, 2.45) is 5.41 Å². The second-order valence-electron chi connectivity index (χ2n) is 11.1. The van der Waals surface area contributed by atoms with Crippen LogP contribution in [0, 0.1) is 41.9 Å². The molecule has 37 heavy (non-hydrogen) atoms. The smallest absolute Gasteiger partial charge is 0.275 e. The molecule has 1 amide bonds. The van der Waals surface area contributed by atoms with Crippen LogP contribution in [-0.4, -0.2) is 39.0 Å². The van der Waals surface area contributed by atoms with Gasteiger partial charge in [0.25, 0.3) is 5.91 Å². The average molecular weight is 497 g/mol. The van der Waals surface area contributed by atoms with Crippen molar-refractivity contribution < 1.29 is 14.3 Å². The highest BCUT2D eigenvalue weighted by atomic mass is 16.5. The number of aryl methyl sites for hydroxylation is 2. The first kappa shape index (κ1) is 23.4. The average Bonchev–Trinajstić information content (AvgIpc) is 3.02. The van der Waals surface area contributed by atoms with Crippen LogP contribution >= 0.6 is 0 Å². The maximum absolute atomic E-state index is 13.5. The third-order valence-corrected chi connectivity index (χ3v) is 8.17. The third kappa shape index (κ3) is 3.42. The van der Waals surface area contributed by atoms with Crippen molar-refractivity contribution in [3.63, 3.8) is 0 Å². The predicted molar refractivity (Wildman–Crippen MR) is 134 cm³/mol. The second-order valence-corrected chi connectivity index (χ2v) is 11.1. The van der Waals surface area contributed by atoms with Crippen LogP contribution in [0.25, 0.3) is 6.08 Å². The fourth-order valence-electron chi connectivity index (χ4n) is 6.55. The first-order chi connectivity index (χ1) is 17.6. The highest BCUT2D eigenvalue weighted by molar-refractivity contribution is 5.99. The van der Waals surface area contributed by atoms with E-state index in [2.05, 4.69) is 16.4 Å². The summed E-state index contributed by atoms with van der Waals surface area (Å²) in [7, 11) is 0. The number of carbonyl (C=O) groups excluding carboxylic acids is 1. The van der Waals surface area contributed by atoms with Crippen molar-refractivity contribution in [3.8, 4) is 23.8 Å². The SMILES string of the molecule is Cc1cc(/C=C/C#N)cc(C)c1Oc1nc(NC23CC(C#N)(C2)C3)nc2c1C1(C)O[C@@H](C)CCN1C2=O. The van der Waals surface area contributed by atoms with E-state index in [1.165, 1.54) is 6.08 Å². The minimum absolute atomic E-state index is 0.0386. The molecule has 1 aromatic carbocycles. The molecule has 3 heterocycles. The molecule has 3 saturated carbocycles. The standard InChI is InChI=1S/C28H28N6O3/c1-16-10-19(6-5-8-29)11-17(2)22(16)36-23-20-21(24(35)34-9-7-18(3)37-26(20,34)4)31-25(32-23)33-28-12-27(13-28,14-28)15-30/h5-6,10-11,18H,7,9,12-14H2,1-4H3,(H,31,32,33)/b6-5+/t18-,26?,27?,28?/m0/s1. The summed E-state index contributed by atoms with van der Waals surface area (Å²) in [5.41, 5.74) is 2.00. The largest absolute Gasteiger partial charge is 0.438 e. The van der Waals surface area contributed by atoms with Crippen molar-refractivity contribution in [2.75, 3.05) is 11.9 Å². The molecule has 188 valence electrons. The fraction of sp³-hybridized carbons (Fsp3) is 0.464. The van der Waals surface area contributed by atoms with Gasteiger partial charge in [0.2, 0.25) is 11.8 Å². The van der Waals surface area contributed by atoms with Gasteiger partial charge in [-0.15, -0.1) is 0 Å². The molecule has 2 aromatic rings. The number of carbonyl (C=O) groups is 1. The van der Waals surface area contributed by atoms with Gasteiger partial charge in [0, 0.05) is 18.2 Å². The zero-order valence-electron chi connectivity index (χ0n) is 21.4. The molecule has 0 spiro atoms. The van der Waals surface area contributed by atoms with Gasteiger partial charge in [-0.05, 0) is 88.3 Å². The summed E-state index contributed by atoms with van der Waals surface area (Å²) < 4.78 is 12.9. The summed E-state index contributed by atoms with van der Waals surface area (Å²) in [5, 5.41) is 21.7. The summed E-state index contributed by atoms with van der Waals surface area (Å²) in [6.45, 7) is 8.31. The van der Waals surface area contributed by atoms with Crippen molar-refractivity contribution in [2.45, 2.75) is 70.7 Å². The zero-order chi connectivity index (χ0) is 26.2. The number of nitriles is 2. The first-order valence-corrected chi connectivity index (χ1v) is 12.6. The van der Waals surface area contributed by atoms with E-state index in [0.717, 1.165) is 42.4 Å². The Labute approximate surface area is 215 Å². The Morgan fingerprint density at radius 2 is 1.92 bits per heavy atom. The van der Waals surface area contributed by atoms with Gasteiger partial charge in [0.1, 0.15) is 11.4 Å². The lowest BCUT2D eigenvalue weighted by atomic mass is 9.40. The molecule has 9 heteroatoms. The molecule has 1 saturated heterocycles. The Morgan fingerprint density at radius 3 is 2.57 bits per heavy atom. The van der Waals surface area contributed by atoms with E-state index >= 15 is 0 Å². The van der Waals surface area contributed by atoms with Gasteiger partial charge in [0.15, 0.2) is 5.72 Å². The lowest BCUT2D eigenvalue weighted by Crippen LogP contribution is -2.70. The molecule has 3 aliphatic carbocycles. The van der Waals surface area contributed by atoms with Crippen molar-refractivity contribution >= 4 is 17.9 Å². The fourth-order valence-corrected chi connectivity index (χ4v) is 6.55. The molecule has 2 atom stereocenters. The number of benzene rings is 1. The van der Waals surface area contributed by atoms with Crippen LogP contribution in [0.1, 0.15) is 72.3 Å². The predicted octanol–water partition coefficient (Wildman–Crippen LogP) is 4.72. The van der Waals surface area contributed by atoms with Crippen LogP contribution in [0.5, 0.6) is 11.6 Å². The maximum Gasteiger partial charge on any atom is 0.275 e. The Balaban J connectivity index is 1.43. The van der Waals surface area contributed by atoms with Crippen LogP contribution in [0.2, 0.25) is 0 Å². The lowest BCUT2D eigenvalue weighted by molar-refractivity contribution is -0.187. The number of hydrogen-bond donors (Lipinski definition) is 1. The van der Waals surface area contributed by atoms with Gasteiger partial charge in [-0.25, -0.2) is 4.98 Å². The topological polar surface area (TPSA) is 124 Å². The minimum Gasteiger partial charge on any atom is -0.438 e. The van der Waals surface area contributed by atoms with Crippen LogP contribution in [-0.2, 0) is 10.5 Å². The number of fused-ring (bicyclic) bond motifs is 3. The molecule has 7 rings (SSSR count). The molecule has 2 aliphatic heterocycles. The van der Waals surface area contributed by atoms with Gasteiger partial charge in [-0.3, -0.25) is 4.79 Å². The second kappa shape index (κ2) is 7.77. The maximum atomic E-state index is 13.5. The number of allylic oxidation sites excluding steroid dienone is 1. The van der Waals surface area contributed by atoms with Crippen LogP contribution < -0.4 is 10.1 Å². The first-order valence-electron chi connectivity index (χ1n) is 12.6. The number of aromatic nitrogens is 2. The van der Waals surface area contributed by atoms with Crippen molar-refractivity contribution in [1.29, 1.82) is 10.5 Å². The summed E-state index contributed by atoms with van der Waals surface area (Å²) in [5.74, 6) is 1.05. The third-order valence-electron chi connectivity index (χ3n) is 8.17. The van der Waals surface area contributed by atoms with E-state index in [4.69, 9.17) is 19.7 Å². The molecule has 1 N–H and O–H groups in total. The van der Waals surface area contributed by atoms with Gasteiger partial charge in [0.05, 0.1) is 29.2 Å². The zero-order valence-corrected chi connectivity index (χ0v) is 21.4. The van der Waals surface area contributed by atoms with Crippen LogP contribution in [0.3, 0.4) is 0 Å². The highest BCUT2D eigenvalue weighted by Crippen LogP contribution is 2.67. The van der Waals surface area contributed by atoms with Gasteiger partial charge >= 0.3 is 0 Å². The molecule has 2 bridgehead atoms. The van der Waals surface area contributed by atoms with E-state index in [9.17, 15) is 10.1 Å². The van der Waals surface area contributed by atoms with E-state index in [1.54, 1.807) is 11.0 Å². The summed E-state index contributed by atoms with van der Waals surface area (Å²) in [6.07, 6.45) is 6.14. The number of nitrogens with one attached hydrogen (secondary N) is 1. The van der Waals surface area contributed by atoms with Crippen LogP contribution in [0.15, 0.2) is 18.2 Å². The van der Waals surface area contributed by atoms with Gasteiger partial charge in [-0.2, -0.15) is 15.5 Å². The molecule has 4 fully saturated rings. The normalized spacial score (nSPS) is 31.0. The number of anilines is 1. The summed E-state index contributed by atoms with van der Waals surface area (Å²) in [6, 6.07) is 8.32. The summed E-state index contributed by atoms with van der Waals surface area (Å²) in [4.78, 5) is 24.7. The van der Waals surface area contributed by atoms with E-state index in [1.807, 2.05) is 45.9 Å². The quantitative estimate of drug-likeness (QED) is 0.590. The lowest BCUT2D eigenvalue weighted by Gasteiger charge is -2.66. The molecular weight excluding hydrogens is 468 g/mol. The van der Waals surface area contributed by atoms with Crippen LogP contribution in [0.4, 0.5) is 5.95 Å². The number of ether oxygens (including phenoxy) is 2. The van der Waals surface area contributed by atoms with E-state index in [-0.39, 0.29) is 34.5 Å². The molecule has 5 aliphatic rings. The molecule has 1 aromatic heterocycles. The molecule has 9 nitrogen and oxygen atoms in total. The minimum atomic E-state index is -1.03. The Hall–Kier alpha value is -3.95. The number of hydrogen-bond acceptors (Lipinski definition) is 8. The summed E-state index contributed by atoms with van der Waals surface area (Å²) >= 11 is 0. The van der Waals surface area contributed by atoms with E-state index < -0.39 is 5.72 Å². The molecular formula is C28H28N6O3. The monoisotopic (exact) mass is 496 g/mol. The Morgan fingerprint density at radius 1 is 1.22 bits per heavy atom. The number of rotatable bonds is 5. The van der Waals surface area contributed by atoms with Gasteiger partial charge < -0.3 is 19.7 Å². The Bertz CT molecular complexity index is 1420.